The van der Waals surface area contributed by atoms with E-state index >= 15 is 0 Å². The number of ketones is 4. The number of hydrogen-bond acceptors (Lipinski definition) is 8. The number of aliphatic hydroxyl groups is 1. The first-order valence-corrected chi connectivity index (χ1v) is 13.1. The van der Waals surface area contributed by atoms with E-state index in [2.05, 4.69) is 13.8 Å². The van der Waals surface area contributed by atoms with E-state index in [0.717, 1.165) is 31.2 Å². The van der Waals surface area contributed by atoms with Gasteiger partial charge in [-0.3, -0.25) is 28.9 Å². The summed E-state index contributed by atoms with van der Waals surface area (Å²) in [7, 11) is 3.14. The molecule has 37 heavy (non-hydrogen) atoms. The molecule has 3 unspecified atom stereocenters. The summed E-state index contributed by atoms with van der Waals surface area (Å²) in [6, 6.07) is 2.18. The van der Waals surface area contributed by atoms with Crippen LogP contribution in [0.3, 0.4) is 0 Å². The average Bonchev–Trinajstić information content (AvgIpc) is 2.82. The van der Waals surface area contributed by atoms with Crippen LogP contribution in [0, 0.1) is 29.6 Å². The molecule has 0 saturated heterocycles. The van der Waals surface area contributed by atoms with Gasteiger partial charge in [0.15, 0.2) is 34.7 Å². The van der Waals surface area contributed by atoms with Crippen molar-refractivity contribution in [1.82, 2.24) is 4.90 Å². The molecule has 0 bridgehead atoms. The number of Topliss-reactive ketones (excluding diaryl/α,β-unsaturated/α-hetero) is 4. The minimum atomic E-state index is -2.69. The summed E-state index contributed by atoms with van der Waals surface area (Å²) in [6.07, 6.45) is 4.08. The second-order valence-electron chi connectivity index (χ2n) is 11.1. The first kappa shape index (κ1) is 27.1. The van der Waals surface area contributed by atoms with Crippen LogP contribution in [-0.2, 0) is 32.0 Å². The minimum Gasteiger partial charge on any atom is -0.507 e. The molecular weight excluding hydrogens is 476 g/mol. The van der Waals surface area contributed by atoms with Gasteiger partial charge in [0.05, 0.1) is 17.5 Å². The highest BCUT2D eigenvalue weighted by Gasteiger charge is 2.69. The smallest absolute Gasteiger partial charge is 0.235 e. The van der Waals surface area contributed by atoms with Crippen molar-refractivity contribution in [3.05, 3.63) is 28.8 Å². The summed E-state index contributed by atoms with van der Waals surface area (Å²) in [5.41, 5.74) is 4.35. The monoisotopic (exact) mass is 512 g/mol. The van der Waals surface area contributed by atoms with E-state index in [1.54, 1.807) is 14.1 Å². The van der Waals surface area contributed by atoms with Crippen LogP contribution in [0.25, 0.3) is 0 Å². The summed E-state index contributed by atoms with van der Waals surface area (Å²) < 4.78 is 0. The molecule has 6 atom stereocenters. The number of carbonyl (C=O) groups excluding carboxylic acids is 5. The zero-order chi connectivity index (χ0) is 27.4. The van der Waals surface area contributed by atoms with Gasteiger partial charge in [-0.1, -0.05) is 32.8 Å². The van der Waals surface area contributed by atoms with E-state index in [4.69, 9.17) is 5.73 Å². The molecule has 0 aromatic heterocycles. The molecule has 1 aromatic carbocycles. The summed E-state index contributed by atoms with van der Waals surface area (Å²) in [4.78, 5) is 67.6. The van der Waals surface area contributed by atoms with Gasteiger partial charge < -0.3 is 15.9 Å². The van der Waals surface area contributed by atoms with Gasteiger partial charge >= 0.3 is 0 Å². The van der Waals surface area contributed by atoms with Gasteiger partial charge in [-0.15, -0.1) is 0 Å². The molecule has 1 aromatic rings. The third-order valence-electron chi connectivity index (χ3n) is 9.02. The van der Waals surface area contributed by atoms with Gasteiger partial charge in [0, 0.05) is 5.92 Å². The molecule has 9 nitrogen and oxygen atoms in total. The molecule has 3 aliphatic rings. The topological polar surface area (TPSA) is 155 Å². The van der Waals surface area contributed by atoms with Crippen LogP contribution >= 0.6 is 0 Å². The van der Waals surface area contributed by atoms with E-state index in [1.807, 2.05) is 6.07 Å². The van der Waals surface area contributed by atoms with Gasteiger partial charge in [-0.05, 0) is 68.8 Å². The van der Waals surface area contributed by atoms with Gasteiger partial charge in [0.2, 0.25) is 5.91 Å². The van der Waals surface area contributed by atoms with Crippen molar-refractivity contribution < 1.29 is 34.2 Å². The number of carbonyl (C=O) groups is 5. The Labute approximate surface area is 216 Å². The number of rotatable bonds is 7. The Morgan fingerprint density at radius 2 is 1.78 bits per heavy atom. The molecule has 0 aliphatic heterocycles. The second-order valence-corrected chi connectivity index (χ2v) is 11.1. The molecule has 9 heteroatoms. The van der Waals surface area contributed by atoms with Crippen molar-refractivity contribution >= 4 is 29.0 Å². The fourth-order valence-electron chi connectivity index (χ4n) is 6.96. The normalized spacial score (nSPS) is 31.4. The molecular formula is C28H36N2O7. The van der Waals surface area contributed by atoms with Crippen LogP contribution < -0.4 is 5.73 Å². The minimum absolute atomic E-state index is 0.0610. The summed E-state index contributed by atoms with van der Waals surface area (Å²) >= 11 is 0. The van der Waals surface area contributed by atoms with Crippen LogP contribution in [-0.4, -0.2) is 69.9 Å². The van der Waals surface area contributed by atoms with Crippen LogP contribution in [0.15, 0.2) is 12.1 Å². The third-order valence-corrected chi connectivity index (χ3v) is 9.02. The van der Waals surface area contributed by atoms with Crippen molar-refractivity contribution in [2.75, 3.05) is 14.1 Å². The first-order chi connectivity index (χ1) is 17.4. The molecule has 0 radical (unpaired) electrons. The molecule has 2 saturated carbocycles. The lowest BCUT2D eigenvalue weighted by Crippen LogP contribution is -2.74. The number of aryl methyl sites for hydroxylation is 1. The molecule has 4 rings (SSSR count). The van der Waals surface area contributed by atoms with Gasteiger partial charge in [-0.25, -0.2) is 0 Å². The maximum absolute atomic E-state index is 13.8. The molecule has 200 valence electrons. The fraction of sp³-hybridized carbons (Fsp3) is 0.607. The van der Waals surface area contributed by atoms with Crippen LogP contribution in [0.1, 0.15) is 61.0 Å². The van der Waals surface area contributed by atoms with Crippen molar-refractivity contribution in [1.29, 1.82) is 0 Å². The number of fused-ring (bicyclic) bond motifs is 3. The van der Waals surface area contributed by atoms with Gasteiger partial charge in [-0.2, -0.15) is 0 Å². The van der Waals surface area contributed by atoms with E-state index in [0.29, 0.717) is 17.9 Å². The summed E-state index contributed by atoms with van der Waals surface area (Å²) in [6.45, 7) is 4.28. The number of nitrogens with two attached hydrogens (primary N) is 1. The van der Waals surface area contributed by atoms with E-state index < -0.39 is 64.4 Å². The van der Waals surface area contributed by atoms with Gasteiger partial charge in [0.25, 0.3) is 0 Å². The SMILES string of the molecule is CCC(CC)CCc1ccc(O)c2c1C[C@H]1C[C@H]3C(N(C)C)C(=O)C(C(N)=O)C(=O)[C@@]3(O)C(=O)C1C2=O. The Morgan fingerprint density at radius 3 is 2.35 bits per heavy atom. The number of phenols is 1. The number of amides is 1. The van der Waals surface area contributed by atoms with Crippen molar-refractivity contribution in [2.24, 2.45) is 35.3 Å². The number of primary amides is 1. The van der Waals surface area contributed by atoms with E-state index in [1.165, 1.54) is 11.0 Å². The Bertz CT molecular complexity index is 1170. The molecule has 4 N–H and O–H groups in total. The largest absolute Gasteiger partial charge is 0.507 e. The fourth-order valence-corrected chi connectivity index (χ4v) is 6.96. The Kier molecular flexibility index (Phi) is 7.16. The number of hydrogen-bond donors (Lipinski definition) is 3. The predicted octanol–water partition coefficient (Wildman–Crippen LogP) is 1.24. The highest BCUT2D eigenvalue weighted by Crippen LogP contribution is 2.51. The zero-order valence-corrected chi connectivity index (χ0v) is 21.8. The number of benzene rings is 1. The Morgan fingerprint density at radius 1 is 1.14 bits per heavy atom. The molecule has 0 heterocycles. The standard InChI is InChI=1S/C28H36N2O7/c1-5-13(6-2)7-8-14-9-10-18(31)20-16(14)11-15-12-17-22(30(3)4)24(33)21(27(29)36)26(35)28(17,37)25(34)19(15)23(20)32/h9-10,13,15,17,19,21-22,31,37H,5-8,11-12H2,1-4H3,(H2,29,36)/t15-,17-,19?,21?,22?,28-/m0/s1. The second kappa shape index (κ2) is 9.76. The average molecular weight is 513 g/mol. The summed E-state index contributed by atoms with van der Waals surface area (Å²) in [5.74, 6) is -9.58. The lowest BCUT2D eigenvalue weighted by Gasteiger charge is -2.52. The Balaban J connectivity index is 1.79. The van der Waals surface area contributed by atoms with Crippen LogP contribution in [0.5, 0.6) is 5.75 Å². The summed E-state index contributed by atoms with van der Waals surface area (Å²) in [5, 5.41) is 22.2. The number of nitrogens with zero attached hydrogens (tertiary/aromatic N) is 1. The van der Waals surface area contributed by atoms with Gasteiger partial charge in [0.1, 0.15) is 5.75 Å². The van der Waals surface area contributed by atoms with Crippen LogP contribution in [0.2, 0.25) is 0 Å². The molecule has 2 fully saturated rings. The van der Waals surface area contributed by atoms with Crippen molar-refractivity contribution in [2.45, 2.75) is 64.0 Å². The molecule has 1 amide bonds. The van der Waals surface area contributed by atoms with Crippen molar-refractivity contribution in [3.63, 3.8) is 0 Å². The number of likely N-dealkylation sites (N-methyl/N-ethyl adjacent to an activating group) is 1. The first-order valence-electron chi connectivity index (χ1n) is 13.1. The van der Waals surface area contributed by atoms with Crippen molar-refractivity contribution in [3.8, 4) is 5.75 Å². The maximum Gasteiger partial charge on any atom is 0.235 e. The quantitative estimate of drug-likeness (QED) is 0.461. The van der Waals surface area contributed by atoms with E-state index in [9.17, 15) is 34.2 Å². The zero-order valence-electron chi connectivity index (χ0n) is 21.8. The maximum atomic E-state index is 13.8. The highest BCUT2D eigenvalue weighted by molar-refractivity contribution is 6.32. The molecule has 0 spiro atoms. The lowest BCUT2D eigenvalue weighted by molar-refractivity contribution is -0.181. The third kappa shape index (κ3) is 4.03. The Hall–Kier alpha value is -2.91. The number of phenolic OH excluding ortho intramolecular Hbond substituents is 1. The predicted molar refractivity (Wildman–Crippen MR) is 134 cm³/mol. The number of aromatic hydroxyl groups is 1. The van der Waals surface area contributed by atoms with Crippen LogP contribution in [0.4, 0.5) is 0 Å². The highest BCUT2D eigenvalue weighted by atomic mass is 16.3. The molecule has 3 aliphatic carbocycles. The van der Waals surface area contributed by atoms with E-state index in [-0.39, 0.29) is 17.7 Å². The lowest BCUT2D eigenvalue weighted by atomic mass is 9.52.